The van der Waals surface area contributed by atoms with E-state index in [1.165, 1.54) is 6.07 Å². The predicted octanol–water partition coefficient (Wildman–Crippen LogP) is 2.50. The van der Waals surface area contributed by atoms with Crippen LogP contribution in [0.5, 0.6) is 0 Å². The van der Waals surface area contributed by atoms with Crippen molar-refractivity contribution in [1.82, 2.24) is 15.1 Å². The van der Waals surface area contributed by atoms with E-state index in [-0.39, 0.29) is 22.5 Å². The third-order valence-electron chi connectivity index (χ3n) is 5.90. The number of carbonyl (C=O) groups is 3. The van der Waals surface area contributed by atoms with E-state index in [2.05, 4.69) is 5.32 Å². The van der Waals surface area contributed by atoms with Crippen molar-refractivity contribution in [1.29, 1.82) is 0 Å². The van der Waals surface area contributed by atoms with Crippen LogP contribution in [0.3, 0.4) is 0 Å². The molecule has 2 aliphatic heterocycles. The molecule has 11 heteroatoms. The second-order valence-electron chi connectivity index (χ2n) is 8.67. The SMILES string of the molecule is CC(C)[C@H](C(=O)NO)N1CC2=C(SC(NC(=O)c3cccc(C(=O)c4ccccc4)c3)C2)S1(=O)=O. The van der Waals surface area contributed by atoms with Crippen LogP contribution in [-0.2, 0) is 14.8 Å². The molecule has 9 nitrogen and oxygen atoms in total. The highest BCUT2D eigenvalue weighted by atomic mass is 32.3. The van der Waals surface area contributed by atoms with E-state index in [0.717, 1.165) is 16.1 Å². The Labute approximate surface area is 207 Å². The van der Waals surface area contributed by atoms with Crippen LogP contribution in [0, 0.1) is 5.92 Å². The van der Waals surface area contributed by atoms with Gasteiger partial charge in [-0.3, -0.25) is 19.6 Å². The van der Waals surface area contributed by atoms with E-state index in [1.807, 2.05) is 6.07 Å². The molecular formula is C24H25N3O6S2. The number of hydroxylamine groups is 1. The number of rotatable bonds is 7. The first-order chi connectivity index (χ1) is 16.6. The van der Waals surface area contributed by atoms with Crippen LogP contribution in [0.2, 0.25) is 0 Å². The lowest BCUT2D eigenvalue weighted by Crippen LogP contribution is -2.50. The lowest BCUT2D eigenvalue weighted by Gasteiger charge is -2.29. The average molecular weight is 516 g/mol. The van der Waals surface area contributed by atoms with E-state index >= 15 is 0 Å². The topological polar surface area (TPSA) is 133 Å². The van der Waals surface area contributed by atoms with Crippen molar-refractivity contribution >= 4 is 39.4 Å². The second-order valence-corrected chi connectivity index (χ2v) is 12.0. The summed E-state index contributed by atoms with van der Waals surface area (Å²) in [5.74, 6) is -1.76. The number of benzene rings is 2. The molecular weight excluding hydrogens is 490 g/mol. The van der Waals surface area contributed by atoms with Crippen LogP contribution in [0.4, 0.5) is 0 Å². The van der Waals surface area contributed by atoms with Crippen molar-refractivity contribution in [2.45, 2.75) is 31.7 Å². The number of nitrogens with one attached hydrogen (secondary N) is 2. The largest absolute Gasteiger partial charge is 0.340 e. The lowest BCUT2D eigenvalue weighted by molar-refractivity contribution is -0.134. The van der Waals surface area contributed by atoms with E-state index in [4.69, 9.17) is 5.21 Å². The zero-order valence-electron chi connectivity index (χ0n) is 19.1. The molecule has 0 aliphatic carbocycles. The van der Waals surface area contributed by atoms with Crippen LogP contribution in [-0.4, -0.2) is 53.5 Å². The van der Waals surface area contributed by atoms with Gasteiger partial charge in [-0.2, -0.15) is 4.31 Å². The van der Waals surface area contributed by atoms with E-state index in [9.17, 15) is 22.8 Å². The molecule has 35 heavy (non-hydrogen) atoms. The van der Waals surface area contributed by atoms with Crippen molar-refractivity contribution in [3.8, 4) is 0 Å². The molecule has 0 spiro atoms. The predicted molar refractivity (Wildman–Crippen MR) is 131 cm³/mol. The Morgan fingerprint density at radius 3 is 2.31 bits per heavy atom. The van der Waals surface area contributed by atoms with Gasteiger partial charge in [-0.1, -0.05) is 68.1 Å². The smallest absolute Gasteiger partial charge is 0.262 e. The Kier molecular flexibility index (Phi) is 7.13. The van der Waals surface area contributed by atoms with Crippen molar-refractivity contribution in [3.63, 3.8) is 0 Å². The van der Waals surface area contributed by atoms with Crippen LogP contribution in [0.1, 0.15) is 46.5 Å². The zero-order valence-corrected chi connectivity index (χ0v) is 20.7. The van der Waals surface area contributed by atoms with Gasteiger partial charge in [-0.15, -0.1) is 0 Å². The fraction of sp³-hybridized carbons (Fsp3) is 0.292. The Balaban J connectivity index is 1.44. The molecule has 2 aromatic rings. The standard InChI is InChI=1S/C24H25N3O6S2/c1-14(2)20(23(30)26-31)27-13-18-12-19(34-24(18)35(27,32)33)25-22(29)17-10-6-9-16(11-17)21(28)15-7-4-3-5-8-15/h3-11,14,19-20,31H,12-13H2,1-2H3,(H,25,29)(H,26,30)/t19?,20-/m1/s1. The molecule has 0 aromatic heterocycles. The minimum atomic E-state index is -3.94. The fourth-order valence-electron chi connectivity index (χ4n) is 4.26. The number of hydrogen-bond acceptors (Lipinski definition) is 7. The molecule has 1 unspecified atom stereocenters. The Bertz CT molecular complexity index is 1310. The van der Waals surface area contributed by atoms with Crippen molar-refractivity contribution in [2.24, 2.45) is 5.92 Å². The third kappa shape index (κ3) is 4.90. The lowest BCUT2D eigenvalue weighted by atomic mass is 10.0. The number of amides is 2. The quantitative estimate of drug-likeness (QED) is 0.293. The van der Waals surface area contributed by atoms with Gasteiger partial charge >= 0.3 is 0 Å². The molecule has 3 N–H and O–H groups in total. The fourth-order valence-corrected chi connectivity index (χ4v) is 8.10. The molecule has 2 amide bonds. The Morgan fingerprint density at radius 2 is 1.69 bits per heavy atom. The molecule has 2 atom stereocenters. The van der Waals surface area contributed by atoms with Crippen LogP contribution >= 0.6 is 11.8 Å². The molecule has 0 bridgehead atoms. The van der Waals surface area contributed by atoms with Crippen molar-refractivity contribution < 1.29 is 28.0 Å². The highest BCUT2D eigenvalue weighted by Crippen LogP contribution is 2.47. The minimum absolute atomic E-state index is 0.0222. The number of sulfonamides is 1. The van der Waals surface area contributed by atoms with Gasteiger partial charge in [0.1, 0.15) is 10.3 Å². The van der Waals surface area contributed by atoms with Gasteiger partial charge < -0.3 is 5.32 Å². The molecule has 0 saturated carbocycles. The van der Waals surface area contributed by atoms with Gasteiger partial charge in [0.05, 0.1) is 5.37 Å². The summed E-state index contributed by atoms with van der Waals surface area (Å²) in [5.41, 5.74) is 3.36. The second kappa shape index (κ2) is 9.94. The number of ketones is 1. The van der Waals surface area contributed by atoms with Gasteiger partial charge in [0.15, 0.2) is 5.78 Å². The van der Waals surface area contributed by atoms with Crippen LogP contribution in [0.15, 0.2) is 64.4 Å². The van der Waals surface area contributed by atoms with E-state index < -0.39 is 33.3 Å². The number of carbonyl (C=O) groups excluding carboxylic acids is 3. The van der Waals surface area contributed by atoms with Crippen molar-refractivity contribution in [2.75, 3.05) is 6.54 Å². The average Bonchev–Trinajstić information content (AvgIpc) is 3.35. The minimum Gasteiger partial charge on any atom is -0.340 e. The zero-order chi connectivity index (χ0) is 25.3. The molecule has 0 saturated heterocycles. The molecule has 0 radical (unpaired) electrons. The first kappa shape index (κ1) is 25.1. The molecule has 2 aromatic carbocycles. The summed E-state index contributed by atoms with van der Waals surface area (Å²) >= 11 is 1.03. The number of hydrogen-bond donors (Lipinski definition) is 3. The van der Waals surface area contributed by atoms with E-state index in [1.54, 1.807) is 61.8 Å². The molecule has 2 aliphatic rings. The van der Waals surface area contributed by atoms with Gasteiger partial charge in [0.2, 0.25) is 10.0 Å². The van der Waals surface area contributed by atoms with Gasteiger partial charge in [0.25, 0.3) is 11.8 Å². The first-order valence-electron chi connectivity index (χ1n) is 11.0. The number of nitrogens with zero attached hydrogens (tertiary/aromatic N) is 1. The maximum atomic E-state index is 13.1. The van der Waals surface area contributed by atoms with Gasteiger partial charge in [-0.25, -0.2) is 13.9 Å². The van der Waals surface area contributed by atoms with Gasteiger partial charge in [-0.05, 0) is 23.6 Å². The monoisotopic (exact) mass is 515 g/mol. The highest BCUT2D eigenvalue weighted by Gasteiger charge is 2.48. The van der Waals surface area contributed by atoms with Crippen LogP contribution in [0.25, 0.3) is 0 Å². The highest BCUT2D eigenvalue weighted by molar-refractivity contribution is 8.18. The first-order valence-corrected chi connectivity index (χ1v) is 13.3. The summed E-state index contributed by atoms with van der Waals surface area (Å²) in [6.07, 6.45) is 0.301. The van der Waals surface area contributed by atoms with Crippen LogP contribution < -0.4 is 10.8 Å². The summed E-state index contributed by atoms with van der Waals surface area (Å²) in [6, 6.07) is 14.1. The molecule has 0 fully saturated rings. The summed E-state index contributed by atoms with van der Waals surface area (Å²) < 4.78 is 27.5. The summed E-state index contributed by atoms with van der Waals surface area (Å²) in [4.78, 5) is 37.7. The summed E-state index contributed by atoms with van der Waals surface area (Å²) in [5, 5.41) is 11.4. The summed E-state index contributed by atoms with van der Waals surface area (Å²) in [7, 11) is -3.94. The summed E-state index contributed by atoms with van der Waals surface area (Å²) in [6.45, 7) is 3.42. The number of thioether (sulfide) groups is 1. The van der Waals surface area contributed by atoms with E-state index in [0.29, 0.717) is 28.7 Å². The maximum absolute atomic E-state index is 13.1. The Morgan fingerprint density at radius 1 is 1.03 bits per heavy atom. The molecule has 4 rings (SSSR count). The van der Waals surface area contributed by atoms with Crippen molar-refractivity contribution in [3.05, 3.63) is 81.1 Å². The van der Waals surface area contributed by atoms with Gasteiger partial charge in [0, 0.05) is 29.7 Å². The normalized spacial score (nSPS) is 19.9. The molecule has 2 heterocycles. The Hall–Kier alpha value is -2.99. The molecule has 184 valence electrons. The third-order valence-corrected chi connectivity index (χ3v) is 9.62. The maximum Gasteiger partial charge on any atom is 0.262 e.